The highest BCUT2D eigenvalue weighted by Gasteiger charge is 2.43. The van der Waals surface area contributed by atoms with Crippen LogP contribution in [0.2, 0.25) is 0 Å². The minimum atomic E-state index is 0.250. The van der Waals surface area contributed by atoms with E-state index < -0.39 is 0 Å². The first-order chi connectivity index (χ1) is 9.18. The van der Waals surface area contributed by atoms with Crippen molar-refractivity contribution in [1.29, 1.82) is 0 Å². The molecule has 2 fully saturated rings. The summed E-state index contributed by atoms with van der Waals surface area (Å²) in [7, 11) is 0. The van der Waals surface area contributed by atoms with E-state index in [1.54, 1.807) is 22.3 Å². The molecule has 20 heavy (non-hydrogen) atoms. The number of rotatable bonds is 0. The van der Waals surface area contributed by atoms with Gasteiger partial charge in [0.2, 0.25) is 0 Å². The summed E-state index contributed by atoms with van der Waals surface area (Å²) in [4.78, 5) is 0. The number of ether oxygens (including phenoxy) is 2. The fourth-order valence-electron chi connectivity index (χ4n) is 3.89. The van der Waals surface area contributed by atoms with E-state index in [1.165, 1.54) is 0 Å². The standard InChI is InChI=1S/C18H28O2/c1-17(2,3)13-9-14(18(4,5)6)12-8-16-15(7-11(12)13)19-10-20-16/h15-16H,7-10H2,1-6H3. The van der Waals surface area contributed by atoms with Crippen LogP contribution >= 0.6 is 0 Å². The summed E-state index contributed by atoms with van der Waals surface area (Å²) in [5.74, 6) is 0. The van der Waals surface area contributed by atoms with Crippen LogP contribution in [0.3, 0.4) is 0 Å². The molecule has 1 saturated heterocycles. The molecule has 1 aliphatic heterocycles. The highest BCUT2D eigenvalue weighted by Crippen LogP contribution is 2.53. The number of allylic oxidation sites excluding steroid dienone is 2. The first-order valence-corrected chi connectivity index (χ1v) is 7.86. The molecule has 0 aromatic rings. The van der Waals surface area contributed by atoms with E-state index in [1.807, 2.05) is 0 Å². The molecule has 2 atom stereocenters. The molecule has 1 saturated carbocycles. The monoisotopic (exact) mass is 276 g/mol. The lowest BCUT2D eigenvalue weighted by molar-refractivity contribution is 0.0403. The van der Waals surface area contributed by atoms with Gasteiger partial charge < -0.3 is 9.47 Å². The topological polar surface area (TPSA) is 18.5 Å². The Kier molecular flexibility index (Phi) is 3.19. The summed E-state index contributed by atoms with van der Waals surface area (Å²) in [5, 5.41) is 0. The minimum absolute atomic E-state index is 0.250. The van der Waals surface area contributed by atoms with Crippen LogP contribution in [0.5, 0.6) is 0 Å². The molecule has 2 nitrogen and oxygen atoms in total. The SMILES string of the molecule is CC(C)(C)C1=C2CC3OCOC3CC2=C(C(C)(C)C)C1. The molecule has 1 heterocycles. The van der Waals surface area contributed by atoms with Crippen LogP contribution in [0.4, 0.5) is 0 Å². The zero-order chi connectivity index (χ0) is 14.7. The zero-order valence-electron chi connectivity index (χ0n) is 13.8. The van der Waals surface area contributed by atoms with Gasteiger partial charge in [-0.25, -0.2) is 0 Å². The molecule has 2 heteroatoms. The molecule has 2 aliphatic carbocycles. The van der Waals surface area contributed by atoms with Crippen LogP contribution in [-0.4, -0.2) is 19.0 Å². The highest BCUT2D eigenvalue weighted by molar-refractivity contribution is 5.53. The minimum Gasteiger partial charge on any atom is -0.349 e. The molecular weight excluding hydrogens is 248 g/mol. The Bertz CT molecular complexity index is 439. The second-order valence-corrected chi connectivity index (χ2v) is 8.53. The Hall–Kier alpha value is -0.600. The molecule has 112 valence electrons. The van der Waals surface area contributed by atoms with E-state index >= 15 is 0 Å². The first kappa shape index (κ1) is 14.3. The molecule has 0 aromatic carbocycles. The second kappa shape index (κ2) is 4.45. The molecule has 0 radical (unpaired) electrons. The van der Waals surface area contributed by atoms with Crippen molar-refractivity contribution in [2.24, 2.45) is 10.8 Å². The molecule has 0 amide bonds. The van der Waals surface area contributed by atoms with Crippen LogP contribution < -0.4 is 0 Å². The van der Waals surface area contributed by atoms with E-state index in [4.69, 9.17) is 9.47 Å². The Morgan fingerprint density at radius 2 is 1.15 bits per heavy atom. The number of fused-ring (bicyclic) bond motifs is 2. The fourth-order valence-corrected chi connectivity index (χ4v) is 3.89. The normalized spacial score (nSPS) is 30.9. The van der Waals surface area contributed by atoms with Gasteiger partial charge >= 0.3 is 0 Å². The molecule has 3 aliphatic rings. The van der Waals surface area contributed by atoms with E-state index in [-0.39, 0.29) is 23.0 Å². The molecule has 3 rings (SSSR count). The number of hydrogen-bond donors (Lipinski definition) is 0. The van der Waals surface area contributed by atoms with E-state index in [0.717, 1.165) is 19.3 Å². The van der Waals surface area contributed by atoms with E-state index in [9.17, 15) is 0 Å². The van der Waals surface area contributed by atoms with Gasteiger partial charge in [0, 0.05) is 12.8 Å². The predicted octanol–water partition coefficient (Wildman–Crippen LogP) is 4.61. The van der Waals surface area contributed by atoms with Gasteiger partial charge in [0.05, 0.1) is 12.2 Å². The van der Waals surface area contributed by atoms with Gasteiger partial charge in [-0.1, -0.05) is 52.7 Å². The average molecular weight is 276 g/mol. The maximum Gasteiger partial charge on any atom is 0.147 e. The van der Waals surface area contributed by atoms with Crippen molar-refractivity contribution in [1.82, 2.24) is 0 Å². The third-order valence-corrected chi connectivity index (χ3v) is 5.05. The summed E-state index contributed by atoms with van der Waals surface area (Å²) >= 11 is 0. The van der Waals surface area contributed by atoms with Crippen LogP contribution in [0.15, 0.2) is 22.3 Å². The summed E-state index contributed by atoms with van der Waals surface area (Å²) in [6.45, 7) is 14.5. The van der Waals surface area contributed by atoms with Gasteiger partial charge in [-0.05, 0) is 28.4 Å². The van der Waals surface area contributed by atoms with Crippen molar-refractivity contribution in [3.05, 3.63) is 22.3 Å². The first-order valence-electron chi connectivity index (χ1n) is 7.86. The van der Waals surface area contributed by atoms with Crippen molar-refractivity contribution in [3.8, 4) is 0 Å². The molecule has 0 N–H and O–H groups in total. The lowest BCUT2D eigenvalue weighted by atomic mass is 9.78. The third-order valence-electron chi connectivity index (χ3n) is 5.05. The largest absolute Gasteiger partial charge is 0.349 e. The van der Waals surface area contributed by atoms with Gasteiger partial charge in [0.15, 0.2) is 0 Å². The van der Waals surface area contributed by atoms with E-state index in [2.05, 4.69) is 41.5 Å². The molecule has 0 spiro atoms. The van der Waals surface area contributed by atoms with Gasteiger partial charge in [-0.2, -0.15) is 0 Å². The van der Waals surface area contributed by atoms with Crippen molar-refractivity contribution in [2.75, 3.05) is 6.79 Å². The fraction of sp³-hybridized carbons (Fsp3) is 0.778. The molecule has 0 bridgehead atoms. The summed E-state index contributed by atoms with van der Waals surface area (Å²) in [5.41, 5.74) is 6.95. The lowest BCUT2D eigenvalue weighted by Gasteiger charge is -2.30. The Morgan fingerprint density at radius 1 is 0.750 bits per heavy atom. The Balaban J connectivity index is 2.04. The van der Waals surface area contributed by atoms with Crippen LogP contribution in [0.1, 0.15) is 60.8 Å². The highest BCUT2D eigenvalue weighted by atomic mass is 16.7. The van der Waals surface area contributed by atoms with Crippen molar-refractivity contribution in [3.63, 3.8) is 0 Å². The smallest absolute Gasteiger partial charge is 0.147 e. The lowest BCUT2D eigenvalue weighted by Crippen LogP contribution is -2.30. The quantitative estimate of drug-likeness (QED) is 0.643. The van der Waals surface area contributed by atoms with Crippen molar-refractivity contribution >= 4 is 0 Å². The maximum atomic E-state index is 5.77. The van der Waals surface area contributed by atoms with Gasteiger partial charge in [-0.15, -0.1) is 0 Å². The van der Waals surface area contributed by atoms with Gasteiger partial charge in [0.1, 0.15) is 6.79 Å². The van der Waals surface area contributed by atoms with Crippen molar-refractivity contribution < 1.29 is 9.47 Å². The predicted molar refractivity (Wildman–Crippen MR) is 81.4 cm³/mol. The Labute approximate surface area is 123 Å². The zero-order valence-corrected chi connectivity index (χ0v) is 13.8. The molecule has 2 unspecified atom stereocenters. The van der Waals surface area contributed by atoms with Gasteiger partial charge in [0.25, 0.3) is 0 Å². The summed E-state index contributed by atoms with van der Waals surface area (Å²) in [6, 6.07) is 0. The molecule has 0 aromatic heterocycles. The summed E-state index contributed by atoms with van der Waals surface area (Å²) < 4.78 is 11.5. The van der Waals surface area contributed by atoms with Gasteiger partial charge in [-0.3, -0.25) is 0 Å². The maximum absolute atomic E-state index is 5.77. The third kappa shape index (κ3) is 2.27. The average Bonchev–Trinajstić information content (AvgIpc) is 2.85. The van der Waals surface area contributed by atoms with Crippen LogP contribution in [0, 0.1) is 10.8 Å². The molecular formula is C18H28O2. The second-order valence-electron chi connectivity index (χ2n) is 8.53. The van der Waals surface area contributed by atoms with Crippen LogP contribution in [0.25, 0.3) is 0 Å². The summed E-state index contributed by atoms with van der Waals surface area (Å²) in [6.07, 6.45) is 3.81. The number of hydrogen-bond acceptors (Lipinski definition) is 2. The van der Waals surface area contributed by atoms with Crippen LogP contribution in [-0.2, 0) is 9.47 Å². The van der Waals surface area contributed by atoms with Crippen molar-refractivity contribution in [2.45, 2.75) is 73.0 Å². The van der Waals surface area contributed by atoms with E-state index in [0.29, 0.717) is 6.79 Å². The Morgan fingerprint density at radius 3 is 1.50 bits per heavy atom.